The van der Waals surface area contributed by atoms with Gasteiger partial charge in [0, 0.05) is 19.1 Å². The number of nitrogens with zero attached hydrogens (tertiary/aromatic N) is 1. The van der Waals surface area contributed by atoms with Crippen LogP contribution in [0.3, 0.4) is 0 Å². The van der Waals surface area contributed by atoms with E-state index in [0.29, 0.717) is 6.04 Å². The molecule has 1 aliphatic rings. The second kappa shape index (κ2) is 6.08. The molecule has 1 aromatic carbocycles. The minimum absolute atomic E-state index is 0.136. The van der Waals surface area contributed by atoms with E-state index in [-0.39, 0.29) is 12.2 Å². The van der Waals surface area contributed by atoms with Crippen LogP contribution in [0.2, 0.25) is 0 Å². The van der Waals surface area contributed by atoms with Gasteiger partial charge in [-0.05, 0) is 18.7 Å². The first kappa shape index (κ1) is 13.9. The zero-order chi connectivity index (χ0) is 13.8. The first-order chi connectivity index (χ1) is 9.11. The van der Waals surface area contributed by atoms with Crippen molar-refractivity contribution in [2.45, 2.75) is 13.0 Å². The van der Waals surface area contributed by atoms with Gasteiger partial charge < -0.3 is 10.6 Å². The molecule has 2 rings (SSSR count). The van der Waals surface area contributed by atoms with E-state index in [2.05, 4.69) is 10.6 Å². The van der Waals surface area contributed by atoms with Crippen molar-refractivity contribution in [2.24, 2.45) is 0 Å². The molecule has 0 bridgehead atoms. The minimum Gasteiger partial charge on any atom is -0.320 e. The zero-order valence-electron chi connectivity index (χ0n) is 10.7. The molecule has 0 atom stereocenters. The van der Waals surface area contributed by atoms with Crippen LogP contribution in [0.15, 0.2) is 18.2 Å². The second-order valence-electron chi connectivity index (χ2n) is 4.52. The van der Waals surface area contributed by atoms with Crippen molar-refractivity contribution in [3.05, 3.63) is 29.8 Å². The summed E-state index contributed by atoms with van der Waals surface area (Å²) in [6.07, 6.45) is 0. The van der Waals surface area contributed by atoms with Gasteiger partial charge in [0.1, 0.15) is 17.3 Å². The van der Waals surface area contributed by atoms with Crippen LogP contribution in [0.5, 0.6) is 0 Å². The van der Waals surface area contributed by atoms with Gasteiger partial charge in [-0.2, -0.15) is 0 Å². The van der Waals surface area contributed by atoms with E-state index in [1.54, 1.807) is 0 Å². The van der Waals surface area contributed by atoms with E-state index in [4.69, 9.17) is 0 Å². The van der Waals surface area contributed by atoms with E-state index in [9.17, 15) is 13.6 Å². The fourth-order valence-corrected chi connectivity index (χ4v) is 2.01. The number of carbonyl (C=O) groups is 1. The van der Waals surface area contributed by atoms with Gasteiger partial charge >= 0.3 is 0 Å². The molecule has 1 aromatic rings. The SMILES string of the molecule is CCN(CC(=O)Nc1c(F)cccc1F)C1CNC1. The number of rotatable bonds is 5. The molecule has 4 nitrogen and oxygen atoms in total. The Labute approximate surface area is 110 Å². The maximum Gasteiger partial charge on any atom is 0.238 e. The lowest BCUT2D eigenvalue weighted by Gasteiger charge is -2.37. The first-order valence-electron chi connectivity index (χ1n) is 6.30. The second-order valence-corrected chi connectivity index (χ2v) is 4.52. The van der Waals surface area contributed by atoms with Crippen molar-refractivity contribution in [3.63, 3.8) is 0 Å². The average Bonchev–Trinajstić information content (AvgIpc) is 2.31. The summed E-state index contributed by atoms with van der Waals surface area (Å²) in [4.78, 5) is 13.8. The van der Waals surface area contributed by atoms with Crippen LogP contribution in [-0.2, 0) is 4.79 Å². The number of halogens is 2. The summed E-state index contributed by atoms with van der Waals surface area (Å²) in [5, 5.41) is 5.42. The highest BCUT2D eigenvalue weighted by atomic mass is 19.1. The number of anilines is 1. The van der Waals surface area contributed by atoms with E-state index >= 15 is 0 Å². The van der Waals surface area contributed by atoms with Gasteiger partial charge in [0.15, 0.2) is 0 Å². The normalized spacial score (nSPS) is 15.4. The van der Waals surface area contributed by atoms with Gasteiger partial charge in [-0.1, -0.05) is 13.0 Å². The number of benzene rings is 1. The Bertz CT molecular complexity index is 443. The van der Waals surface area contributed by atoms with Crippen molar-refractivity contribution in [3.8, 4) is 0 Å². The first-order valence-corrected chi connectivity index (χ1v) is 6.30. The summed E-state index contributed by atoms with van der Waals surface area (Å²) in [5.74, 6) is -1.93. The van der Waals surface area contributed by atoms with Crippen LogP contribution in [-0.4, -0.2) is 43.0 Å². The van der Waals surface area contributed by atoms with Gasteiger partial charge in [0.05, 0.1) is 6.54 Å². The third kappa shape index (κ3) is 3.27. The molecule has 1 fully saturated rings. The van der Waals surface area contributed by atoms with Crippen LogP contribution in [0.25, 0.3) is 0 Å². The Morgan fingerprint density at radius 2 is 2.05 bits per heavy atom. The molecule has 0 radical (unpaired) electrons. The Hall–Kier alpha value is -1.53. The van der Waals surface area contributed by atoms with Crippen LogP contribution in [0.4, 0.5) is 14.5 Å². The molecule has 0 spiro atoms. The fraction of sp³-hybridized carbons (Fsp3) is 0.462. The van der Waals surface area contributed by atoms with E-state index in [1.165, 1.54) is 6.07 Å². The molecular formula is C13H17F2N3O. The lowest BCUT2D eigenvalue weighted by atomic mass is 10.1. The third-order valence-corrected chi connectivity index (χ3v) is 3.26. The average molecular weight is 269 g/mol. The molecule has 1 aliphatic heterocycles. The molecular weight excluding hydrogens is 252 g/mol. The number of nitrogens with one attached hydrogen (secondary N) is 2. The minimum atomic E-state index is -0.762. The molecule has 1 heterocycles. The molecule has 0 aromatic heterocycles. The monoisotopic (exact) mass is 269 g/mol. The van der Waals surface area contributed by atoms with Gasteiger partial charge in [0.2, 0.25) is 5.91 Å². The van der Waals surface area contributed by atoms with Crippen molar-refractivity contribution in [1.29, 1.82) is 0 Å². The predicted molar refractivity (Wildman–Crippen MR) is 68.9 cm³/mol. The molecule has 19 heavy (non-hydrogen) atoms. The summed E-state index contributed by atoms with van der Waals surface area (Å²) in [6, 6.07) is 3.82. The van der Waals surface area contributed by atoms with Gasteiger partial charge in [0.25, 0.3) is 0 Å². The van der Waals surface area contributed by atoms with Crippen LogP contribution in [0.1, 0.15) is 6.92 Å². The molecule has 1 saturated heterocycles. The van der Waals surface area contributed by atoms with Crippen LogP contribution < -0.4 is 10.6 Å². The third-order valence-electron chi connectivity index (χ3n) is 3.26. The molecule has 1 amide bonds. The van der Waals surface area contributed by atoms with Gasteiger partial charge in [-0.15, -0.1) is 0 Å². The van der Waals surface area contributed by atoms with Gasteiger partial charge in [-0.3, -0.25) is 9.69 Å². The smallest absolute Gasteiger partial charge is 0.238 e. The van der Waals surface area contributed by atoms with Crippen molar-refractivity contribution in [1.82, 2.24) is 10.2 Å². The lowest BCUT2D eigenvalue weighted by molar-refractivity contribution is -0.118. The molecule has 2 N–H and O–H groups in total. The standard InChI is InChI=1S/C13H17F2N3O/c1-2-18(9-6-16-7-9)8-12(19)17-13-10(14)4-3-5-11(13)15/h3-5,9,16H,2,6-8H2,1H3,(H,17,19). The molecule has 0 aliphatic carbocycles. The molecule has 0 unspecified atom stereocenters. The van der Waals surface area contributed by atoms with Crippen molar-refractivity contribution >= 4 is 11.6 Å². The van der Waals surface area contributed by atoms with E-state index < -0.39 is 17.5 Å². The summed E-state index contributed by atoms with van der Waals surface area (Å²) in [5.41, 5.74) is -0.379. The topological polar surface area (TPSA) is 44.4 Å². The Morgan fingerprint density at radius 3 is 2.53 bits per heavy atom. The quantitative estimate of drug-likeness (QED) is 0.844. The maximum absolute atomic E-state index is 13.4. The van der Waals surface area contributed by atoms with Crippen LogP contribution in [0, 0.1) is 11.6 Å². The Morgan fingerprint density at radius 1 is 1.42 bits per heavy atom. The summed E-state index contributed by atoms with van der Waals surface area (Å²) in [7, 11) is 0. The molecule has 6 heteroatoms. The Kier molecular flexibility index (Phi) is 4.44. The van der Waals surface area contributed by atoms with E-state index in [0.717, 1.165) is 31.8 Å². The summed E-state index contributed by atoms with van der Waals surface area (Å²) in [6.45, 7) is 4.50. The largest absolute Gasteiger partial charge is 0.320 e. The predicted octanol–water partition coefficient (Wildman–Crippen LogP) is 1.20. The van der Waals surface area contributed by atoms with Gasteiger partial charge in [-0.25, -0.2) is 8.78 Å². The highest BCUT2D eigenvalue weighted by molar-refractivity contribution is 5.92. The number of carbonyl (C=O) groups excluding carboxylic acids is 1. The molecule has 104 valence electrons. The zero-order valence-corrected chi connectivity index (χ0v) is 10.7. The van der Waals surface area contributed by atoms with E-state index in [1.807, 2.05) is 11.8 Å². The van der Waals surface area contributed by atoms with Crippen molar-refractivity contribution < 1.29 is 13.6 Å². The number of amides is 1. The Balaban J connectivity index is 1.96. The fourth-order valence-electron chi connectivity index (χ4n) is 2.01. The molecule has 0 saturated carbocycles. The maximum atomic E-state index is 13.4. The number of para-hydroxylation sites is 1. The van der Waals surface area contributed by atoms with Crippen LogP contribution >= 0.6 is 0 Å². The number of hydrogen-bond acceptors (Lipinski definition) is 3. The highest BCUT2D eigenvalue weighted by Gasteiger charge is 2.25. The summed E-state index contributed by atoms with van der Waals surface area (Å²) < 4.78 is 26.8. The summed E-state index contributed by atoms with van der Waals surface area (Å²) >= 11 is 0. The lowest BCUT2D eigenvalue weighted by Crippen LogP contribution is -2.58. The van der Waals surface area contributed by atoms with Crippen molar-refractivity contribution in [2.75, 3.05) is 31.5 Å². The highest BCUT2D eigenvalue weighted by Crippen LogP contribution is 2.18. The number of likely N-dealkylation sites (N-methyl/N-ethyl adjacent to an activating group) is 1. The number of hydrogen-bond donors (Lipinski definition) is 2.